The van der Waals surface area contributed by atoms with Crippen LogP contribution in [0.4, 0.5) is 0 Å². The van der Waals surface area contributed by atoms with Crippen molar-refractivity contribution in [2.24, 2.45) is 5.92 Å². The van der Waals surface area contributed by atoms with Gasteiger partial charge in [-0.25, -0.2) is 4.98 Å². The van der Waals surface area contributed by atoms with Crippen LogP contribution in [0.15, 0.2) is 23.4 Å². The first-order chi connectivity index (χ1) is 7.00. The monoisotopic (exact) mass is 225 g/mol. The molecule has 1 N–H and O–H groups in total. The zero-order valence-electron chi connectivity index (χ0n) is 9.77. The van der Waals surface area contributed by atoms with E-state index in [1.165, 1.54) is 0 Å². The number of nitrogens with zero attached hydrogens (tertiary/aromatic N) is 1. The van der Waals surface area contributed by atoms with Gasteiger partial charge in [0.1, 0.15) is 0 Å². The molecule has 15 heavy (non-hydrogen) atoms. The Morgan fingerprint density at radius 2 is 1.93 bits per heavy atom. The fourth-order valence-corrected chi connectivity index (χ4v) is 2.05. The summed E-state index contributed by atoms with van der Waals surface area (Å²) in [5, 5.41) is 11.0. The summed E-state index contributed by atoms with van der Waals surface area (Å²) in [5.41, 5.74) is 0.934. The normalized spacial score (nSPS) is 15.3. The number of aliphatic hydroxyl groups excluding tert-OH is 1. The van der Waals surface area contributed by atoms with E-state index in [2.05, 4.69) is 25.8 Å². The van der Waals surface area contributed by atoms with Gasteiger partial charge >= 0.3 is 0 Å². The van der Waals surface area contributed by atoms with E-state index in [1.807, 2.05) is 12.1 Å². The fraction of sp³-hybridized carbons (Fsp3) is 0.583. The van der Waals surface area contributed by atoms with Crippen molar-refractivity contribution in [2.75, 3.05) is 0 Å². The summed E-state index contributed by atoms with van der Waals surface area (Å²) in [6, 6.07) is 3.82. The zero-order chi connectivity index (χ0) is 11.4. The molecule has 0 aliphatic rings. The van der Waals surface area contributed by atoms with Crippen LogP contribution in [0.25, 0.3) is 0 Å². The van der Waals surface area contributed by atoms with Crippen LogP contribution in [0.1, 0.15) is 39.4 Å². The van der Waals surface area contributed by atoms with Gasteiger partial charge in [0, 0.05) is 11.4 Å². The van der Waals surface area contributed by atoms with Gasteiger partial charge in [-0.3, -0.25) is 0 Å². The number of thioether (sulfide) groups is 1. The summed E-state index contributed by atoms with van der Waals surface area (Å²) < 4.78 is 0. The quantitative estimate of drug-likeness (QED) is 0.798. The Kier molecular flexibility index (Phi) is 4.61. The molecule has 0 spiro atoms. The summed E-state index contributed by atoms with van der Waals surface area (Å²) in [7, 11) is 0. The van der Waals surface area contributed by atoms with Crippen molar-refractivity contribution >= 4 is 11.8 Å². The van der Waals surface area contributed by atoms with Crippen molar-refractivity contribution in [1.82, 2.24) is 4.98 Å². The second-order valence-corrected chi connectivity index (χ2v) is 5.57. The highest BCUT2D eigenvalue weighted by Crippen LogP contribution is 2.27. The largest absolute Gasteiger partial charge is 0.389 e. The van der Waals surface area contributed by atoms with Crippen LogP contribution in [0.5, 0.6) is 0 Å². The van der Waals surface area contributed by atoms with E-state index in [1.54, 1.807) is 24.9 Å². The molecule has 1 aromatic heterocycles. The molecule has 0 aromatic carbocycles. The van der Waals surface area contributed by atoms with Crippen LogP contribution < -0.4 is 0 Å². The van der Waals surface area contributed by atoms with Crippen LogP contribution in [0, 0.1) is 5.92 Å². The molecule has 1 heterocycles. The van der Waals surface area contributed by atoms with Gasteiger partial charge in [0.15, 0.2) is 0 Å². The van der Waals surface area contributed by atoms with E-state index >= 15 is 0 Å². The standard InChI is InChI=1S/C12H19NOS/c1-8(2)10(4)15-12-7-11(9(3)14)5-6-13-12/h5-10,14H,1-4H3/t9-,10?/m1/s1. The fourth-order valence-electron chi connectivity index (χ4n) is 1.08. The Bertz CT molecular complexity index is 312. The van der Waals surface area contributed by atoms with Gasteiger partial charge in [0.25, 0.3) is 0 Å². The molecule has 0 aliphatic heterocycles. The van der Waals surface area contributed by atoms with Crippen molar-refractivity contribution < 1.29 is 5.11 Å². The molecule has 84 valence electrons. The van der Waals surface area contributed by atoms with Crippen molar-refractivity contribution in [3.05, 3.63) is 23.9 Å². The predicted octanol–water partition coefficient (Wildman–Crippen LogP) is 3.27. The highest BCUT2D eigenvalue weighted by Gasteiger charge is 2.10. The lowest BCUT2D eigenvalue weighted by molar-refractivity contribution is 0.199. The third-order valence-electron chi connectivity index (χ3n) is 2.49. The summed E-state index contributed by atoms with van der Waals surface area (Å²) >= 11 is 1.76. The van der Waals surface area contributed by atoms with E-state index in [4.69, 9.17) is 0 Å². The lowest BCUT2D eigenvalue weighted by atomic mass is 10.2. The van der Waals surface area contributed by atoms with Gasteiger partial charge in [0.2, 0.25) is 0 Å². The Morgan fingerprint density at radius 1 is 1.27 bits per heavy atom. The zero-order valence-corrected chi connectivity index (χ0v) is 10.6. The first-order valence-electron chi connectivity index (χ1n) is 5.31. The predicted molar refractivity (Wildman–Crippen MR) is 65.0 cm³/mol. The van der Waals surface area contributed by atoms with E-state index in [9.17, 15) is 5.11 Å². The summed E-state index contributed by atoms with van der Waals surface area (Å²) in [5.74, 6) is 0.631. The topological polar surface area (TPSA) is 33.1 Å². The van der Waals surface area contributed by atoms with Crippen molar-refractivity contribution in [3.63, 3.8) is 0 Å². The third-order valence-corrected chi connectivity index (χ3v) is 3.87. The number of aromatic nitrogens is 1. The van der Waals surface area contributed by atoms with Crippen LogP contribution in [0.2, 0.25) is 0 Å². The molecule has 0 aliphatic carbocycles. The molecule has 0 radical (unpaired) electrons. The first-order valence-corrected chi connectivity index (χ1v) is 6.19. The average molecular weight is 225 g/mol. The van der Waals surface area contributed by atoms with Gasteiger partial charge in [0.05, 0.1) is 11.1 Å². The van der Waals surface area contributed by atoms with E-state index in [0.717, 1.165) is 10.6 Å². The number of pyridine rings is 1. The molecule has 0 fully saturated rings. The van der Waals surface area contributed by atoms with Gasteiger partial charge in [-0.2, -0.15) is 0 Å². The van der Waals surface area contributed by atoms with Crippen LogP contribution in [0.3, 0.4) is 0 Å². The molecular formula is C12H19NOS. The molecule has 2 nitrogen and oxygen atoms in total. The molecule has 1 unspecified atom stereocenters. The number of hydrogen-bond acceptors (Lipinski definition) is 3. The maximum atomic E-state index is 9.45. The van der Waals surface area contributed by atoms with Gasteiger partial charge in [-0.15, -0.1) is 11.8 Å². The number of rotatable bonds is 4. The van der Waals surface area contributed by atoms with Crippen molar-refractivity contribution in [2.45, 2.75) is 44.1 Å². The maximum Gasteiger partial charge on any atom is 0.0966 e. The van der Waals surface area contributed by atoms with E-state index in [0.29, 0.717) is 11.2 Å². The van der Waals surface area contributed by atoms with Crippen LogP contribution in [-0.2, 0) is 0 Å². The molecule has 3 heteroatoms. The first kappa shape index (κ1) is 12.5. The second kappa shape index (κ2) is 5.52. The Labute approximate surface area is 96.1 Å². The summed E-state index contributed by atoms with van der Waals surface area (Å²) in [6.45, 7) is 8.38. The van der Waals surface area contributed by atoms with Gasteiger partial charge in [-0.05, 0) is 30.5 Å². The Balaban J connectivity index is 2.73. The lowest BCUT2D eigenvalue weighted by Crippen LogP contribution is -2.06. The second-order valence-electron chi connectivity index (χ2n) is 4.17. The minimum absolute atomic E-state index is 0.415. The van der Waals surface area contributed by atoms with E-state index < -0.39 is 6.10 Å². The molecular weight excluding hydrogens is 206 g/mol. The van der Waals surface area contributed by atoms with Crippen molar-refractivity contribution in [1.29, 1.82) is 0 Å². The smallest absolute Gasteiger partial charge is 0.0966 e. The van der Waals surface area contributed by atoms with Gasteiger partial charge < -0.3 is 5.11 Å². The molecule has 0 bridgehead atoms. The van der Waals surface area contributed by atoms with Crippen LogP contribution >= 0.6 is 11.8 Å². The lowest BCUT2D eigenvalue weighted by Gasteiger charge is -2.14. The highest BCUT2D eigenvalue weighted by atomic mass is 32.2. The minimum Gasteiger partial charge on any atom is -0.389 e. The summed E-state index contributed by atoms with van der Waals surface area (Å²) in [4.78, 5) is 4.30. The van der Waals surface area contributed by atoms with Crippen LogP contribution in [-0.4, -0.2) is 15.3 Å². The average Bonchev–Trinajstić information content (AvgIpc) is 2.18. The molecule has 0 saturated carbocycles. The Morgan fingerprint density at radius 3 is 2.47 bits per heavy atom. The highest BCUT2D eigenvalue weighted by molar-refractivity contribution is 7.99. The number of aliphatic hydroxyl groups is 1. The SMILES string of the molecule is CC(C)C(C)Sc1cc([C@@H](C)O)ccn1. The molecule has 2 atom stereocenters. The number of hydrogen-bond donors (Lipinski definition) is 1. The Hall–Kier alpha value is -0.540. The molecule has 0 saturated heterocycles. The third kappa shape index (κ3) is 3.84. The summed E-state index contributed by atoms with van der Waals surface area (Å²) in [6.07, 6.45) is 1.35. The minimum atomic E-state index is -0.415. The van der Waals surface area contributed by atoms with Gasteiger partial charge in [-0.1, -0.05) is 20.8 Å². The maximum absolute atomic E-state index is 9.45. The van der Waals surface area contributed by atoms with E-state index in [-0.39, 0.29) is 0 Å². The molecule has 1 aromatic rings. The molecule has 1 rings (SSSR count). The van der Waals surface area contributed by atoms with Crippen molar-refractivity contribution in [3.8, 4) is 0 Å². The molecule has 0 amide bonds.